The largest absolute Gasteiger partial charge is 0.497 e. The Bertz CT molecular complexity index is 1070. The zero-order valence-electron chi connectivity index (χ0n) is 17.9. The van der Waals surface area contributed by atoms with E-state index in [0.717, 1.165) is 54.0 Å². The molecule has 1 saturated heterocycles. The lowest BCUT2D eigenvalue weighted by Crippen LogP contribution is -2.36. The van der Waals surface area contributed by atoms with Crippen LogP contribution in [-0.4, -0.2) is 47.4 Å². The van der Waals surface area contributed by atoms with Crippen molar-refractivity contribution in [3.8, 4) is 17.0 Å². The van der Waals surface area contributed by atoms with Gasteiger partial charge in [-0.25, -0.2) is 0 Å². The summed E-state index contributed by atoms with van der Waals surface area (Å²) in [5.41, 5.74) is 5.66. The lowest BCUT2D eigenvalue weighted by Gasteiger charge is -2.28. The van der Waals surface area contributed by atoms with Gasteiger partial charge < -0.3 is 14.4 Å². The molecule has 6 nitrogen and oxygen atoms in total. The van der Waals surface area contributed by atoms with Crippen LogP contribution >= 0.6 is 0 Å². The number of H-pyrrole nitrogens is 1. The van der Waals surface area contributed by atoms with Gasteiger partial charge in [-0.3, -0.25) is 9.89 Å². The van der Waals surface area contributed by atoms with Gasteiger partial charge in [0.05, 0.1) is 24.9 Å². The van der Waals surface area contributed by atoms with E-state index in [0.29, 0.717) is 12.2 Å². The third-order valence-corrected chi connectivity index (χ3v) is 6.36. The van der Waals surface area contributed by atoms with Crippen molar-refractivity contribution < 1.29 is 14.3 Å². The van der Waals surface area contributed by atoms with Gasteiger partial charge in [0, 0.05) is 24.3 Å². The Hall–Kier alpha value is -3.12. The van der Waals surface area contributed by atoms with E-state index in [2.05, 4.69) is 41.4 Å². The zero-order valence-corrected chi connectivity index (χ0v) is 17.9. The maximum atomic E-state index is 13.4. The first kappa shape index (κ1) is 19.8. The average Bonchev–Trinajstić information content (AvgIpc) is 3.54. The van der Waals surface area contributed by atoms with Gasteiger partial charge in [0.2, 0.25) is 0 Å². The highest BCUT2D eigenvalue weighted by atomic mass is 16.5. The molecule has 2 aromatic carbocycles. The number of nitrogens with zero attached hydrogens (tertiary/aromatic N) is 2. The number of ether oxygens (including phenoxy) is 2. The molecule has 0 spiro atoms. The number of nitrogens with one attached hydrogen (secondary N) is 1. The number of aryl methyl sites for hydroxylation is 1. The number of benzene rings is 2. The van der Waals surface area contributed by atoms with Crippen molar-refractivity contribution in [2.24, 2.45) is 0 Å². The summed E-state index contributed by atoms with van der Waals surface area (Å²) in [6.45, 7) is 3.50. The summed E-state index contributed by atoms with van der Waals surface area (Å²) in [6, 6.07) is 16.2. The minimum Gasteiger partial charge on any atom is -0.497 e. The van der Waals surface area contributed by atoms with E-state index in [9.17, 15) is 4.79 Å². The molecule has 2 aliphatic rings. The Morgan fingerprint density at radius 3 is 2.58 bits per heavy atom. The smallest absolute Gasteiger partial charge is 0.273 e. The first-order valence-corrected chi connectivity index (χ1v) is 10.9. The van der Waals surface area contributed by atoms with Crippen LogP contribution in [0, 0.1) is 0 Å². The Labute approximate surface area is 182 Å². The van der Waals surface area contributed by atoms with Crippen LogP contribution in [0.5, 0.6) is 5.75 Å². The molecular formula is C25H27N3O3. The van der Waals surface area contributed by atoms with E-state index >= 15 is 0 Å². The predicted molar refractivity (Wildman–Crippen MR) is 118 cm³/mol. The Kier molecular flexibility index (Phi) is 5.24. The van der Waals surface area contributed by atoms with Gasteiger partial charge in [0.1, 0.15) is 11.4 Å². The molecule has 3 aromatic rings. The molecule has 3 heterocycles. The number of aromatic amines is 1. The number of carbonyl (C=O) groups excluding carboxylic acids is 1. The summed E-state index contributed by atoms with van der Waals surface area (Å²) in [7, 11) is 1.65. The van der Waals surface area contributed by atoms with E-state index in [1.807, 2.05) is 29.2 Å². The van der Waals surface area contributed by atoms with E-state index in [1.54, 1.807) is 7.11 Å². The molecule has 0 saturated carbocycles. The molecule has 6 heteroatoms. The second kappa shape index (κ2) is 8.19. The highest BCUT2D eigenvalue weighted by Crippen LogP contribution is 2.43. The summed E-state index contributed by atoms with van der Waals surface area (Å²) >= 11 is 0. The normalized spacial score (nSPS) is 20.3. The number of rotatable bonds is 6. The highest BCUT2D eigenvalue weighted by molar-refractivity contribution is 6.00. The van der Waals surface area contributed by atoms with Crippen LogP contribution in [0.15, 0.2) is 48.5 Å². The van der Waals surface area contributed by atoms with Crippen LogP contribution in [0.25, 0.3) is 11.3 Å². The molecular weight excluding hydrogens is 390 g/mol. The number of hydrogen-bond acceptors (Lipinski definition) is 4. The number of fused-ring (bicyclic) bond motifs is 1. The second-order valence-corrected chi connectivity index (χ2v) is 8.18. The molecule has 5 rings (SSSR count). The fourth-order valence-electron chi connectivity index (χ4n) is 4.64. The number of amides is 1. The van der Waals surface area contributed by atoms with Crippen molar-refractivity contribution in [3.05, 3.63) is 70.9 Å². The van der Waals surface area contributed by atoms with E-state index in [1.165, 1.54) is 5.56 Å². The van der Waals surface area contributed by atoms with Crippen LogP contribution in [0.3, 0.4) is 0 Å². The van der Waals surface area contributed by atoms with Gasteiger partial charge in [-0.05, 0) is 54.7 Å². The molecule has 2 aliphatic heterocycles. The third kappa shape index (κ3) is 3.51. The number of carbonyl (C=O) groups is 1. The Morgan fingerprint density at radius 1 is 1.16 bits per heavy atom. The summed E-state index contributed by atoms with van der Waals surface area (Å²) in [5.74, 6) is 0.779. The molecule has 0 bridgehead atoms. The first-order valence-electron chi connectivity index (χ1n) is 10.9. The fourth-order valence-corrected chi connectivity index (χ4v) is 4.64. The van der Waals surface area contributed by atoms with E-state index in [-0.39, 0.29) is 18.1 Å². The van der Waals surface area contributed by atoms with Gasteiger partial charge in [0.25, 0.3) is 5.91 Å². The zero-order chi connectivity index (χ0) is 21.4. The van der Waals surface area contributed by atoms with Crippen molar-refractivity contribution in [2.75, 3.05) is 20.3 Å². The average molecular weight is 418 g/mol. The lowest BCUT2D eigenvalue weighted by atomic mass is 9.95. The lowest BCUT2D eigenvalue weighted by molar-refractivity contribution is 0.0495. The van der Waals surface area contributed by atoms with E-state index < -0.39 is 0 Å². The van der Waals surface area contributed by atoms with Gasteiger partial charge in [-0.15, -0.1) is 0 Å². The SMILES string of the molecule is CCc1ccc(C2c3c(-c4ccc(OC)cc4)n[nH]c3C(=O)N2CC2CCCO2)cc1. The van der Waals surface area contributed by atoms with Gasteiger partial charge >= 0.3 is 0 Å². The second-order valence-electron chi connectivity index (χ2n) is 8.18. The molecule has 1 aromatic heterocycles. The molecule has 1 fully saturated rings. The van der Waals surface area contributed by atoms with Crippen LogP contribution < -0.4 is 4.74 Å². The van der Waals surface area contributed by atoms with Gasteiger partial charge in [-0.2, -0.15) is 5.10 Å². The minimum atomic E-state index is -0.187. The third-order valence-electron chi connectivity index (χ3n) is 6.36. The van der Waals surface area contributed by atoms with Crippen LogP contribution in [-0.2, 0) is 11.2 Å². The summed E-state index contributed by atoms with van der Waals surface area (Å²) < 4.78 is 11.2. The molecule has 1 amide bonds. The van der Waals surface area contributed by atoms with E-state index in [4.69, 9.17) is 9.47 Å². The van der Waals surface area contributed by atoms with Crippen molar-refractivity contribution in [1.82, 2.24) is 15.1 Å². The predicted octanol–water partition coefficient (Wildman–Crippen LogP) is 4.37. The van der Waals surface area contributed by atoms with Crippen LogP contribution in [0.4, 0.5) is 0 Å². The molecule has 2 unspecified atom stereocenters. The molecule has 2 atom stereocenters. The van der Waals surface area contributed by atoms with Crippen LogP contribution in [0.2, 0.25) is 0 Å². The summed E-state index contributed by atoms with van der Waals surface area (Å²) in [4.78, 5) is 15.4. The first-order chi connectivity index (χ1) is 15.2. The molecule has 160 valence electrons. The fraction of sp³-hybridized carbons (Fsp3) is 0.360. The molecule has 31 heavy (non-hydrogen) atoms. The number of hydrogen-bond donors (Lipinski definition) is 1. The summed E-state index contributed by atoms with van der Waals surface area (Å²) in [6.07, 6.45) is 3.11. The molecule has 0 aliphatic carbocycles. The minimum absolute atomic E-state index is 0.0117. The standard InChI is InChI=1S/C25H27N3O3/c1-3-16-6-8-18(9-7-16)24-21-22(17-10-12-19(30-2)13-11-17)26-27-23(21)25(29)28(24)15-20-5-4-14-31-20/h6-13,20,24H,3-5,14-15H2,1-2H3,(H,26,27). The maximum absolute atomic E-state index is 13.4. The van der Waals surface area contributed by atoms with Gasteiger partial charge in [-0.1, -0.05) is 31.2 Å². The van der Waals surface area contributed by atoms with Crippen molar-refractivity contribution in [2.45, 2.75) is 38.3 Å². The number of methoxy groups -OCH3 is 1. The molecule has 0 radical (unpaired) electrons. The highest BCUT2D eigenvalue weighted by Gasteiger charge is 2.43. The van der Waals surface area contributed by atoms with Crippen molar-refractivity contribution >= 4 is 5.91 Å². The van der Waals surface area contributed by atoms with Crippen molar-refractivity contribution in [3.63, 3.8) is 0 Å². The Balaban J connectivity index is 1.59. The van der Waals surface area contributed by atoms with Crippen molar-refractivity contribution in [1.29, 1.82) is 0 Å². The topological polar surface area (TPSA) is 67.5 Å². The molecule has 1 N–H and O–H groups in total. The summed E-state index contributed by atoms with van der Waals surface area (Å²) in [5, 5.41) is 7.57. The maximum Gasteiger partial charge on any atom is 0.273 e. The number of aromatic nitrogens is 2. The van der Waals surface area contributed by atoms with Crippen LogP contribution in [0.1, 0.15) is 53.0 Å². The Morgan fingerprint density at radius 2 is 1.94 bits per heavy atom. The quantitative estimate of drug-likeness (QED) is 0.647. The van der Waals surface area contributed by atoms with Gasteiger partial charge in [0.15, 0.2) is 0 Å². The monoisotopic (exact) mass is 417 g/mol.